The molecule has 0 spiro atoms. The van der Waals surface area contributed by atoms with Gasteiger partial charge in [-0.05, 0) is 42.4 Å². The first-order valence-electron chi connectivity index (χ1n) is 11.9. The van der Waals surface area contributed by atoms with Crippen molar-refractivity contribution in [3.8, 4) is 11.1 Å². The summed E-state index contributed by atoms with van der Waals surface area (Å²) >= 11 is -1.09. The van der Waals surface area contributed by atoms with Crippen LogP contribution < -0.4 is 4.72 Å². The molecule has 5 rings (SSSR count). The molecule has 2 aromatic heterocycles. The average Bonchev–Trinajstić information content (AvgIpc) is 3.53. The fourth-order valence-electron chi connectivity index (χ4n) is 4.30. The summed E-state index contributed by atoms with van der Waals surface area (Å²) in [5, 5.41) is 6.60. The molecule has 15 heteroatoms. The fraction of sp³-hybridized carbons (Fsp3) is 0.333. The van der Waals surface area contributed by atoms with Crippen LogP contribution in [0, 0.1) is 0 Å². The third-order valence-corrected chi connectivity index (χ3v) is 9.25. The third kappa shape index (κ3) is 6.23. The van der Waals surface area contributed by atoms with E-state index in [9.17, 15) is 17.4 Å². The van der Waals surface area contributed by atoms with Crippen LogP contribution in [0.3, 0.4) is 0 Å². The van der Waals surface area contributed by atoms with Crippen LogP contribution in [0.2, 0.25) is 0 Å². The Kier molecular flexibility index (Phi) is 7.89. The average molecular weight is 591 g/mol. The zero-order valence-electron chi connectivity index (χ0n) is 21.1. The molecule has 2 aromatic carbocycles. The molecule has 0 bridgehead atoms. The lowest BCUT2D eigenvalue weighted by Crippen LogP contribution is -2.47. The Hall–Kier alpha value is -3.08. The first-order chi connectivity index (χ1) is 18.6. The molecule has 0 radical (unpaired) electrons. The van der Waals surface area contributed by atoms with Crippen molar-refractivity contribution in [1.29, 1.82) is 0 Å². The van der Waals surface area contributed by atoms with E-state index in [1.165, 1.54) is 11.3 Å². The number of nitrogens with zero attached hydrogens (tertiary/aromatic N) is 5. The van der Waals surface area contributed by atoms with Gasteiger partial charge < -0.3 is 14.2 Å². The second kappa shape index (κ2) is 11.2. The fourth-order valence-corrected chi connectivity index (χ4v) is 7.07. The number of amides is 1. The van der Waals surface area contributed by atoms with Gasteiger partial charge in [-0.1, -0.05) is 18.2 Å². The molecule has 1 aliphatic rings. The lowest BCUT2D eigenvalue weighted by molar-refractivity contribution is 0.0664. The van der Waals surface area contributed by atoms with Gasteiger partial charge in [0.1, 0.15) is 5.01 Å². The number of carbonyl (C=O) groups is 1. The molecule has 2 atom stereocenters. The van der Waals surface area contributed by atoms with Crippen LogP contribution in [0.1, 0.15) is 32.4 Å². The van der Waals surface area contributed by atoms with Crippen LogP contribution in [0.15, 0.2) is 46.9 Å². The zero-order valence-corrected chi connectivity index (χ0v) is 23.6. The molecule has 1 saturated heterocycles. The van der Waals surface area contributed by atoms with Crippen molar-refractivity contribution in [2.45, 2.75) is 11.8 Å². The molecule has 0 aliphatic carbocycles. The molecule has 4 aromatic rings. The summed E-state index contributed by atoms with van der Waals surface area (Å²) in [6.07, 6.45) is 1.06. The van der Waals surface area contributed by atoms with E-state index >= 15 is 0 Å². The smallest absolute Gasteiger partial charge is 0.253 e. The number of sulfone groups is 1. The van der Waals surface area contributed by atoms with Crippen LogP contribution in [0.5, 0.6) is 0 Å². The lowest BCUT2D eigenvalue weighted by Gasteiger charge is -2.32. The minimum Gasteiger partial charge on any atom is -0.422 e. The largest absolute Gasteiger partial charge is 0.422 e. The number of hydrogen-bond acceptors (Lipinski definition) is 10. The number of piperazine rings is 1. The van der Waals surface area contributed by atoms with Gasteiger partial charge in [-0.2, -0.15) is 0 Å². The van der Waals surface area contributed by atoms with E-state index < -0.39 is 26.4 Å². The first kappa shape index (κ1) is 27.5. The molecule has 0 saturated carbocycles. The van der Waals surface area contributed by atoms with E-state index in [2.05, 4.69) is 24.8 Å². The second-order valence-electron chi connectivity index (χ2n) is 9.22. The summed E-state index contributed by atoms with van der Waals surface area (Å²) in [6, 6.07) is 13.1. The number of nitrogens with one attached hydrogen (secondary N) is 1. The Bertz CT molecular complexity index is 1640. The van der Waals surface area contributed by atoms with Gasteiger partial charge in [0.15, 0.2) is 15.1 Å². The Balaban J connectivity index is 1.43. The highest BCUT2D eigenvalue weighted by Gasteiger charge is 2.34. The minimum absolute atomic E-state index is 0.00135. The quantitative estimate of drug-likeness (QED) is 0.291. The van der Waals surface area contributed by atoms with Gasteiger partial charge in [-0.15, -0.1) is 21.5 Å². The van der Waals surface area contributed by atoms with Gasteiger partial charge in [-0.3, -0.25) is 9.35 Å². The summed E-state index contributed by atoms with van der Waals surface area (Å²) in [5.74, 6) is -0.204. The number of rotatable bonds is 8. The number of likely N-dealkylation sites (N-methyl/N-ethyl adjacent to an activating group) is 1. The molecule has 2 unspecified atom stereocenters. The highest BCUT2D eigenvalue weighted by Crippen LogP contribution is 2.36. The lowest BCUT2D eigenvalue weighted by atomic mass is 10.0. The van der Waals surface area contributed by atoms with Crippen LogP contribution >= 0.6 is 11.3 Å². The van der Waals surface area contributed by atoms with E-state index in [0.717, 1.165) is 35.2 Å². The third-order valence-electron chi connectivity index (χ3n) is 6.34. The first-order valence-corrected chi connectivity index (χ1v) is 15.8. The predicted octanol–water partition coefficient (Wildman–Crippen LogP) is 2.09. The zero-order chi connectivity index (χ0) is 27.7. The highest BCUT2D eigenvalue weighted by atomic mass is 32.2. The number of hydrogen-bond donors (Lipinski definition) is 2. The summed E-state index contributed by atoms with van der Waals surface area (Å²) in [4.78, 5) is 21.7. The molecule has 12 nitrogen and oxygen atoms in total. The van der Waals surface area contributed by atoms with Crippen LogP contribution in [0.25, 0.3) is 21.3 Å². The second-order valence-corrected chi connectivity index (χ2v) is 13.2. The van der Waals surface area contributed by atoms with Crippen molar-refractivity contribution in [3.63, 3.8) is 0 Å². The Morgan fingerprint density at radius 1 is 1.15 bits per heavy atom. The summed E-state index contributed by atoms with van der Waals surface area (Å²) < 4.78 is 53.6. The van der Waals surface area contributed by atoms with Crippen LogP contribution in [0.4, 0.5) is 0 Å². The highest BCUT2D eigenvalue weighted by molar-refractivity contribution is 7.91. The molecule has 2 N–H and O–H groups in total. The Morgan fingerprint density at radius 2 is 1.90 bits per heavy atom. The topological polar surface area (TPSA) is 159 Å². The van der Waals surface area contributed by atoms with Crippen molar-refractivity contribution in [3.05, 3.63) is 64.8 Å². The van der Waals surface area contributed by atoms with Crippen molar-refractivity contribution in [2.75, 3.05) is 39.5 Å². The van der Waals surface area contributed by atoms with E-state index in [1.54, 1.807) is 6.07 Å². The van der Waals surface area contributed by atoms with Crippen LogP contribution in [-0.4, -0.2) is 87.6 Å². The van der Waals surface area contributed by atoms with Crippen LogP contribution in [-0.2, 0) is 27.6 Å². The molecule has 206 valence electrons. The monoisotopic (exact) mass is 590 g/mol. The Morgan fingerprint density at radius 3 is 2.62 bits per heavy atom. The maximum absolute atomic E-state index is 13.1. The Labute approximate surface area is 231 Å². The number of aromatic nitrogens is 3. The van der Waals surface area contributed by atoms with Gasteiger partial charge in [0.2, 0.25) is 23.0 Å². The van der Waals surface area contributed by atoms with E-state index in [0.29, 0.717) is 24.2 Å². The van der Waals surface area contributed by atoms with Crippen molar-refractivity contribution in [1.82, 2.24) is 29.7 Å². The molecule has 1 aliphatic heterocycles. The van der Waals surface area contributed by atoms with Crippen molar-refractivity contribution in [2.24, 2.45) is 0 Å². The predicted molar refractivity (Wildman–Crippen MR) is 147 cm³/mol. The summed E-state index contributed by atoms with van der Waals surface area (Å²) in [7, 11) is -1.71. The molecule has 39 heavy (non-hydrogen) atoms. The number of carbonyl (C=O) groups excluding carboxylic acids is 1. The summed E-state index contributed by atoms with van der Waals surface area (Å²) in [5.41, 5.74) is 2.95. The normalized spacial score (nSPS) is 16.4. The maximum atomic E-state index is 13.1. The van der Waals surface area contributed by atoms with Crippen molar-refractivity contribution >= 4 is 48.6 Å². The maximum Gasteiger partial charge on any atom is 0.253 e. The number of thiazole rings is 1. The van der Waals surface area contributed by atoms with Gasteiger partial charge in [-0.25, -0.2) is 22.3 Å². The van der Waals surface area contributed by atoms with Gasteiger partial charge in [0.25, 0.3) is 5.91 Å². The van der Waals surface area contributed by atoms with Gasteiger partial charge in [0, 0.05) is 38.0 Å². The summed E-state index contributed by atoms with van der Waals surface area (Å²) in [6.45, 7) is 2.86. The molecule has 1 amide bonds. The van der Waals surface area contributed by atoms with E-state index in [4.69, 9.17) is 8.97 Å². The van der Waals surface area contributed by atoms with E-state index in [1.807, 2.05) is 48.3 Å². The molecule has 3 heterocycles. The van der Waals surface area contributed by atoms with Crippen molar-refractivity contribution < 1.29 is 26.4 Å². The molecular formula is C24H26N6O6S3. The molecule has 1 fully saturated rings. The SMILES string of the molecule is CN1CCN(C(=O)c2cccc(-c3ccc4nc(C(c5nnc(CNS(=O)O)o5)S(C)(=O)=O)sc4c3)c2)CC1. The van der Waals surface area contributed by atoms with E-state index in [-0.39, 0.29) is 29.2 Å². The molecular weight excluding hydrogens is 565 g/mol. The van der Waals surface area contributed by atoms with Gasteiger partial charge in [0.05, 0.1) is 16.8 Å². The van der Waals surface area contributed by atoms with Gasteiger partial charge >= 0.3 is 0 Å². The standard InChI is InChI=1S/C24H26N6O6S3/c1-29-8-10-30(11-9-29)24(31)17-5-3-4-15(12-17)16-6-7-18-19(13-16)37-23(26-18)21(39(2,34)35)22-28-27-20(36-22)14-25-38(32)33/h3-7,12-13,21,25H,8-11,14H2,1-2H3,(H,32,33). The number of benzene rings is 2. The minimum atomic E-state index is -3.75. The number of fused-ring (bicyclic) bond motifs is 1.